The normalized spacial score (nSPS) is 24.9. The first kappa shape index (κ1) is 16.5. The molecule has 0 spiro atoms. The van der Waals surface area contributed by atoms with Gasteiger partial charge in [0.05, 0.1) is 0 Å². The Morgan fingerprint density at radius 3 is 2.04 bits per heavy atom. The second-order valence-electron chi connectivity index (χ2n) is 6.52. The first-order chi connectivity index (χ1) is 11.5. The number of hydrogen-bond acceptors (Lipinski definition) is 3. The number of rotatable bonds is 1. The van der Waals surface area contributed by atoms with Crippen molar-refractivity contribution in [2.75, 3.05) is 0 Å². The summed E-state index contributed by atoms with van der Waals surface area (Å²) in [6.45, 7) is 0. The van der Waals surface area contributed by atoms with Gasteiger partial charge in [0, 0.05) is 12.1 Å². The van der Waals surface area contributed by atoms with Crippen molar-refractivity contribution >= 4 is 22.7 Å². The minimum Gasteiger partial charge on any atom is -0.473 e. The summed E-state index contributed by atoms with van der Waals surface area (Å²) in [6, 6.07) is 17.3. The molecule has 2 aliphatic rings. The van der Waals surface area contributed by atoms with Crippen molar-refractivity contribution in [3.05, 3.63) is 48.0 Å². The van der Waals surface area contributed by atoms with Gasteiger partial charge in [-0.15, -0.1) is 0 Å². The number of nitrogens with one attached hydrogen (secondary N) is 1. The van der Waals surface area contributed by atoms with Gasteiger partial charge in [0.2, 0.25) is 0 Å². The molecule has 0 saturated carbocycles. The van der Waals surface area contributed by atoms with Crippen LogP contribution in [0, 0.1) is 0 Å². The zero-order chi connectivity index (χ0) is 17.1. The highest BCUT2D eigenvalue weighted by Gasteiger charge is 2.33. The molecule has 2 atom stereocenters. The van der Waals surface area contributed by atoms with Crippen molar-refractivity contribution in [1.82, 2.24) is 5.32 Å². The minimum atomic E-state index is -1.82. The third kappa shape index (κ3) is 3.74. The van der Waals surface area contributed by atoms with Gasteiger partial charge in [-0.25, -0.2) is 9.59 Å². The van der Waals surface area contributed by atoms with Crippen LogP contribution in [-0.2, 0) is 9.59 Å². The van der Waals surface area contributed by atoms with Crippen LogP contribution in [-0.4, -0.2) is 34.2 Å². The number of carbonyl (C=O) groups is 2. The fraction of sp³-hybridized carbons (Fsp3) is 0.368. The number of benzene rings is 2. The van der Waals surface area contributed by atoms with Crippen LogP contribution in [0.3, 0.4) is 0 Å². The van der Waals surface area contributed by atoms with E-state index in [1.165, 1.54) is 36.5 Å². The van der Waals surface area contributed by atoms with Gasteiger partial charge in [-0.1, -0.05) is 42.5 Å². The summed E-state index contributed by atoms with van der Waals surface area (Å²) in [4.78, 5) is 18.2. The highest BCUT2D eigenvalue weighted by molar-refractivity contribution is 6.27. The van der Waals surface area contributed by atoms with E-state index in [9.17, 15) is 0 Å². The predicted molar refractivity (Wildman–Crippen MR) is 91.1 cm³/mol. The SMILES string of the molecule is O=C(O)C(=O)O.c1ccc2cc(C3CC4CCC(C3)N4)ccc2c1. The smallest absolute Gasteiger partial charge is 0.414 e. The van der Waals surface area contributed by atoms with E-state index < -0.39 is 11.9 Å². The molecular weight excluding hydrogens is 306 g/mol. The monoisotopic (exact) mass is 327 g/mol. The molecule has 2 fully saturated rings. The first-order valence-electron chi connectivity index (χ1n) is 8.24. The van der Waals surface area contributed by atoms with E-state index in [0.29, 0.717) is 0 Å². The van der Waals surface area contributed by atoms with Gasteiger partial charge >= 0.3 is 11.9 Å². The Labute approximate surface area is 140 Å². The van der Waals surface area contributed by atoms with E-state index in [0.717, 1.165) is 18.0 Å². The summed E-state index contributed by atoms with van der Waals surface area (Å²) >= 11 is 0. The number of aliphatic carboxylic acids is 2. The van der Waals surface area contributed by atoms with Crippen molar-refractivity contribution in [3.63, 3.8) is 0 Å². The Hall–Kier alpha value is -2.40. The summed E-state index contributed by atoms with van der Waals surface area (Å²) in [5.41, 5.74) is 1.55. The van der Waals surface area contributed by atoms with E-state index >= 15 is 0 Å². The molecular formula is C19H21NO4. The molecule has 2 aromatic carbocycles. The summed E-state index contributed by atoms with van der Waals surface area (Å²) in [6.07, 6.45) is 5.42. The average molecular weight is 327 g/mol. The third-order valence-corrected chi connectivity index (χ3v) is 4.90. The zero-order valence-corrected chi connectivity index (χ0v) is 13.3. The largest absolute Gasteiger partial charge is 0.473 e. The highest BCUT2D eigenvalue weighted by atomic mass is 16.4. The van der Waals surface area contributed by atoms with Crippen molar-refractivity contribution in [3.8, 4) is 0 Å². The van der Waals surface area contributed by atoms with Gasteiger partial charge in [-0.05, 0) is 47.9 Å². The van der Waals surface area contributed by atoms with Crippen molar-refractivity contribution in [1.29, 1.82) is 0 Å². The molecule has 0 radical (unpaired) electrons. The molecule has 0 amide bonds. The molecule has 0 aliphatic carbocycles. The van der Waals surface area contributed by atoms with Gasteiger partial charge in [0.25, 0.3) is 0 Å². The Morgan fingerprint density at radius 2 is 1.46 bits per heavy atom. The average Bonchev–Trinajstić information content (AvgIpc) is 2.93. The number of carboxylic acids is 2. The summed E-state index contributed by atoms with van der Waals surface area (Å²) in [5, 5.41) is 21.3. The molecule has 126 valence electrons. The summed E-state index contributed by atoms with van der Waals surface area (Å²) < 4.78 is 0. The molecule has 0 aromatic heterocycles. The number of hydrogen-bond donors (Lipinski definition) is 3. The minimum absolute atomic E-state index is 0.772. The number of fused-ring (bicyclic) bond motifs is 3. The Morgan fingerprint density at radius 1 is 0.875 bits per heavy atom. The molecule has 2 saturated heterocycles. The molecule has 2 unspecified atom stereocenters. The topological polar surface area (TPSA) is 86.6 Å². The number of piperidine rings is 1. The van der Waals surface area contributed by atoms with Crippen molar-refractivity contribution < 1.29 is 19.8 Å². The van der Waals surface area contributed by atoms with Gasteiger partial charge < -0.3 is 15.5 Å². The van der Waals surface area contributed by atoms with Crippen LogP contribution in [0.15, 0.2) is 42.5 Å². The molecule has 2 aromatic rings. The zero-order valence-electron chi connectivity index (χ0n) is 13.3. The quantitative estimate of drug-likeness (QED) is 0.701. The lowest BCUT2D eigenvalue weighted by Crippen LogP contribution is -2.37. The Balaban J connectivity index is 0.000000246. The lowest BCUT2D eigenvalue weighted by atomic mass is 9.85. The van der Waals surface area contributed by atoms with Gasteiger partial charge in [-0.3, -0.25) is 0 Å². The second kappa shape index (κ2) is 7.01. The fourth-order valence-corrected chi connectivity index (χ4v) is 3.79. The molecule has 5 heteroatoms. The summed E-state index contributed by atoms with van der Waals surface area (Å²) in [5.74, 6) is -2.88. The van der Waals surface area contributed by atoms with E-state index in [1.54, 1.807) is 5.56 Å². The van der Waals surface area contributed by atoms with E-state index in [4.69, 9.17) is 19.8 Å². The predicted octanol–water partition coefficient (Wildman–Crippen LogP) is 2.99. The van der Waals surface area contributed by atoms with Crippen LogP contribution in [0.2, 0.25) is 0 Å². The fourth-order valence-electron chi connectivity index (χ4n) is 3.79. The maximum absolute atomic E-state index is 9.10. The van der Waals surface area contributed by atoms with E-state index in [-0.39, 0.29) is 0 Å². The molecule has 4 rings (SSSR count). The maximum Gasteiger partial charge on any atom is 0.414 e. The van der Waals surface area contributed by atoms with Gasteiger partial charge in [-0.2, -0.15) is 0 Å². The van der Waals surface area contributed by atoms with Crippen LogP contribution in [0.5, 0.6) is 0 Å². The lowest BCUT2D eigenvalue weighted by molar-refractivity contribution is -0.159. The standard InChI is InChI=1S/C17H19N.C2H2O4/c1-2-4-13-9-14(6-5-12(13)3-1)15-10-16-7-8-17(11-15)18-16;3-1(4)2(5)6/h1-6,9,15-18H,7-8,10-11H2;(H,3,4)(H,5,6). The van der Waals surface area contributed by atoms with Crippen LogP contribution in [0.25, 0.3) is 10.8 Å². The van der Waals surface area contributed by atoms with Crippen molar-refractivity contribution in [2.24, 2.45) is 0 Å². The number of carboxylic acid groups (broad SMARTS) is 2. The molecule has 3 N–H and O–H groups in total. The Kier molecular flexibility index (Phi) is 4.81. The van der Waals surface area contributed by atoms with Crippen LogP contribution >= 0.6 is 0 Å². The second-order valence-corrected chi connectivity index (χ2v) is 6.52. The van der Waals surface area contributed by atoms with Crippen LogP contribution in [0.4, 0.5) is 0 Å². The first-order valence-corrected chi connectivity index (χ1v) is 8.24. The van der Waals surface area contributed by atoms with Crippen LogP contribution < -0.4 is 5.32 Å². The molecule has 24 heavy (non-hydrogen) atoms. The van der Waals surface area contributed by atoms with E-state index in [1.807, 2.05) is 0 Å². The van der Waals surface area contributed by atoms with Crippen LogP contribution in [0.1, 0.15) is 37.2 Å². The lowest BCUT2D eigenvalue weighted by Gasteiger charge is -2.29. The highest BCUT2D eigenvalue weighted by Crippen LogP contribution is 2.37. The molecule has 2 bridgehead atoms. The van der Waals surface area contributed by atoms with Gasteiger partial charge in [0.1, 0.15) is 0 Å². The van der Waals surface area contributed by atoms with Gasteiger partial charge in [0.15, 0.2) is 0 Å². The summed E-state index contributed by atoms with van der Waals surface area (Å²) in [7, 11) is 0. The molecule has 5 nitrogen and oxygen atoms in total. The Bertz CT molecular complexity index is 734. The third-order valence-electron chi connectivity index (χ3n) is 4.90. The van der Waals surface area contributed by atoms with E-state index in [2.05, 4.69) is 47.8 Å². The van der Waals surface area contributed by atoms with Crippen molar-refractivity contribution in [2.45, 2.75) is 43.7 Å². The maximum atomic E-state index is 9.10. The molecule has 2 aliphatic heterocycles. The molecule has 2 heterocycles.